The molecule has 6 heteroatoms. The van der Waals surface area contributed by atoms with Gasteiger partial charge in [0.1, 0.15) is 12.7 Å². The van der Waals surface area contributed by atoms with Gasteiger partial charge in [-0.05, 0) is 0 Å². The lowest BCUT2D eigenvalue weighted by atomic mass is 10.3. The maximum atomic E-state index is 8.94. The van der Waals surface area contributed by atoms with E-state index in [4.69, 9.17) is 15.3 Å². The molecular weight excluding hydrogens is 150 g/mol. The summed E-state index contributed by atoms with van der Waals surface area (Å²) >= 11 is 0. The summed E-state index contributed by atoms with van der Waals surface area (Å²) in [6.07, 6.45) is -1.02. The fourth-order valence-corrected chi connectivity index (χ4v) is 0.534. The van der Waals surface area contributed by atoms with Gasteiger partial charge in [0.25, 0.3) is 0 Å². The van der Waals surface area contributed by atoms with Gasteiger partial charge >= 0.3 is 0 Å². The van der Waals surface area contributed by atoms with E-state index in [1.54, 1.807) is 0 Å². The number of hydrogen-bond acceptors (Lipinski definition) is 6. The van der Waals surface area contributed by atoms with Gasteiger partial charge in [0, 0.05) is 0 Å². The molecule has 0 bridgehead atoms. The zero-order chi connectivity index (χ0) is 8.27. The summed E-state index contributed by atoms with van der Waals surface area (Å²) in [5.41, 5.74) is 0. The van der Waals surface area contributed by atoms with Gasteiger partial charge in [0.15, 0.2) is 18.2 Å². The minimum Gasteiger partial charge on any atom is -0.380 e. The second-order valence-corrected chi connectivity index (χ2v) is 1.85. The Hall–Kier alpha value is -1.11. The van der Waals surface area contributed by atoms with E-state index in [1.165, 1.54) is 0 Å². The van der Waals surface area contributed by atoms with E-state index in [-0.39, 0.29) is 5.82 Å². The van der Waals surface area contributed by atoms with Crippen LogP contribution in [0.4, 0.5) is 0 Å². The summed E-state index contributed by atoms with van der Waals surface area (Å²) in [5.74, 6) is -0.0602. The maximum Gasteiger partial charge on any atom is 0.185 e. The predicted molar refractivity (Wildman–Crippen MR) is 33.0 cm³/mol. The summed E-state index contributed by atoms with van der Waals surface area (Å²) in [4.78, 5) is 10.5. The highest BCUT2D eigenvalue weighted by Gasteiger charge is 2.17. The van der Waals surface area contributed by atoms with Crippen molar-refractivity contribution in [2.45, 2.75) is 12.4 Å². The highest BCUT2D eigenvalue weighted by molar-refractivity contribution is 4.87. The van der Waals surface area contributed by atoms with Crippen molar-refractivity contribution in [2.24, 2.45) is 0 Å². The molecule has 3 N–H and O–H groups in total. The van der Waals surface area contributed by atoms with Crippen LogP contribution in [0.15, 0.2) is 12.7 Å². The lowest BCUT2D eigenvalue weighted by molar-refractivity contribution is -0.126. The summed E-state index contributed by atoms with van der Waals surface area (Å²) < 4.78 is 0. The zero-order valence-electron chi connectivity index (χ0n) is 5.49. The highest BCUT2D eigenvalue weighted by atomic mass is 16.5. The molecule has 0 radical (unpaired) electrons. The van der Waals surface area contributed by atoms with Crippen molar-refractivity contribution >= 4 is 0 Å². The molecule has 0 aromatic carbocycles. The fourth-order valence-electron chi connectivity index (χ4n) is 0.534. The van der Waals surface area contributed by atoms with Gasteiger partial charge in [0.2, 0.25) is 0 Å². The number of rotatable bonds is 2. The lowest BCUT2D eigenvalue weighted by Crippen LogP contribution is -2.19. The third-order valence-electron chi connectivity index (χ3n) is 1.06. The molecule has 0 fully saturated rings. The second-order valence-electron chi connectivity index (χ2n) is 1.85. The van der Waals surface area contributed by atoms with E-state index in [1.807, 2.05) is 0 Å². The molecule has 1 atom stereocenters. The van der Waals surface area contributed by atoms with Crippen LogP contribution in [0.5, 0.6) is 0 Å². The van der Waals surface area contributed by atoms with Crippen molar-refractivity contribution < 1.29 is 15.3 Å². The fraction of sp³-hybridized carbons (Fsp3) is 0.400. The number of aromatic nitrogens is 3. The Labute approximate surface area is 62.2 Å². The van der Waals surface area contributed by atoms with E-state index >= 15 is 0 Å². The molecule has 0 aliphatic rings. The molecule has 1 aromatic rings. The van der Waals surface area contributed by atoms with Crippen LogP contribution in [0.3, 0.4) is 0 Å². The monoisotopic (exact) mass is 157 g/mol. The van der Waals surface area contributed by atoms with Crippen molar-refractivity contribution in [1.29, 1.82) is 0 Å². The molecular formula is C5H7N3O3. The van der Waals surface area contributed by atoms with Crippen molar-refractivity contribution in [3.63, 3.8) is 0 Å². The van der Waals surface area contributed by atoms with E-state index in [0.717, 1.165) is 12.7 Å². The molecule has 11 heavy (non-hydrogen) atoms. The molecule has 6 nitrogen and oxygen atoms in total. The number of aliphatic hydroxyl groups is 3. The normalized spacial score (nSPS) is 13.5. The molecule has 0 aliphatic heterocycles. The Morgan fingerprint density at radius 3 is 2.09 bits per heavy atom. The molecule has 1 rings (SSSR count). The van der Waals surface area contributed by atoms with Crippen molar-refractivity contribution in [2.75, 3.05) is 0 Å². The van der Waals surface area contributed by atoms with E-state index in [2.05, 4.69) is 15.0 Å². The van der Waals surface area contributed by atoms with Crippen LogP contribution in [-0.2, 0) is 0 Å². The highest BCUT2D eigenvalue weighted by Crippen LogP contribution is 2.07. The molecule has 0 aliphatic carbocycles. The Bertz CT molecular complexity index is 215. The van der Waals surface area contributed by atoms with Crippen molar-refractivity contribution in [1.82, 2.24) is 15.0 Å². The van der Waals surface area contributed by atoms with Gasteiger partial charge < -0.3 is 15.3 Å². The van der Waals surface area contributed by atoms with Crippen LogP contribution in [0, 0.1) is 0 Å². The van der Waals surface area contributed by atoms with E-state index in [9.17, 15) is 0 Å². The minimum atomic E-state index is -1.86. The van der Waals surface area contributed by atoms with Crippen LogP contribution in [-0.4, -0.2) is 36.6 Å². The first-order valence-electron chi connectivity index (χ1n) is 2.88. The van der Waals surface area contributed by atoms with Crippen molar-refractivity contribution in [3.05, 3.63) is 18.5 Å². The minimum absolute atomic E-state index is 0.0602. The van der Waals surface area contributed by atoms with Gasteiger partial charge in [-0.25, -0.2) is 15.0 Å². The molecule has 0 amide bonds. The SMILES string of the molecule is OC(O)C(O)c1ncncn1. The quantitative estimate of drug-likeness (QED) is 0.439. The summed E-state index contributed by atoms with van der Waals surface area (Å²) in [7, 11) is 0. The Morgan fingerprint density at radius 1 is 1.09 bits per heavy atom. The maximum absolute atomic E-state index is 8.94. The predicted octanol–water partition coefficient (Wildman–Crippen LogP) is -1.78. The van der Waals surface area contributed by atoms with Crippen LogP contribution >= 0.6 is 0 Å². The van der Waals surface area contributed by atoms with Crippen LogP contribution < -0.4 is 0 Å². The van der Waals surface area contributed by atoms with Gasteiger partial charge in [-0.1, -0.05) is 0 Å². The zero-order valence-corrected chi connectivity index (χ0v) is 5.49. The third-order valence-corrected chi connectivity index (χ3v) is 1.06. The Balaban J connectivity index is 2.77. The number of nitrogens with zero attached hydrogens (tertiary/aromatic N) is 3. The number of aliphatic hydroxyl groups excluding tert-OH is 2. The molecule has 1 aromatic heterocycles. The first kappa shape index (κ1) is 7.99. The number of hydrogen-bond donors (Lipinski definition) is 3. The molecule has 0 saturated heterocycles. The standard InChI is InChI=1S/C5H7N3O3/c9-3(5(10)11)4-7-1-6-2-8-4/h1-3,5,9-11H. The van der Waals surface area contributed by atoms with Crippen LogP contribution in [0.2, 0.25) is 0 Å². The van der Waals surface area contributed by atoms with Gasteiger partial charge in [-0.15, -0.1) is 0 Å². The average molecular weight is 157 g/mol. The van der Waals surface area contributed by atoms with Crippen LogP contribution in [0.25, 0.3) is 0 Å². The molecule has 1 unspecified atom stereocenters. The average Bonchev–Trinajstić information content (AvgIpc) is 2.05. The summed E-state index contributed by atoms with van der Waals surface area (Å²) in [5, 5.41) is 25.9. The van der Waals surface area contributed by atoms with Gasteiger partial charge in [0.05, 0.1) is 0 Å². The third kappa shape index (κ3) is 1.90. The summed E-state index contributed by atoms with van der Waals surface area (Å²) in [6, 6.07) is 0. The van der Waals surface area contributed by atoms with E-state index in [0.29, 0.717) is 0 Å². The summed E-state index contributed by atoms with van der Waals surface area (Å²) in [6.45, 7) is 0. The van der Waals surface area contributed by atoms with Gasteiger partial charge in [-0.3, -0.25) is 0 Å². The molecule has 0 saturated carbocycles. The van der Waals surface area contributed by atoms with E-state index < -0.39 is 12.4 Å². The largest absolute Gasteiger partial charge is 0.380 e. The van der Waals surface area contributed by atoms with Crippen LogP contribution in [0.1, 0.15) is 11.9 Å². The second kappa shape index (κ2) is 3.33. The first-order chi connectivity index (χ1) is 5.22. The molecule has 0 spiro atoms. The smallest absolute Gasteiger partial charge is 0.185 e. The topological polar surface area (TPSA) is 99.4 Å². The molecule has 1 heterocycles. The van der Waals surface area contributed by atoms with Gasteiger partial charge in [-0.2, -0.15) is 0 Å². The Kier molecular flexibility index (Phi) is 2.42. The Morgan fingerprint density at radius 2 is 1.64 bits per heavy atom. The lowest BCUT2D eigenvalue weighted by Gasteiger charge is -2.08. The first-order valence-corrected chi connectivity index (χ1v) is 2.88. The van der Waals surface area contributed by atoms with Crippen molar-refractivity contribution in [3.8, 4) is 0 Å². The molecule has 60 valence electrons.